The van der Waals surface area contributed by atoms with Crippen LogP contribution in [0, 0.1) is 0 Å². The molecule has 7 heteroatoms. The lowest BCUT2D eigenvalue weighted by atomic mass is 10.2. The van der Waals surface area contributed by atoms with E-state index in [4.69, 9.17) is 4.74 Å². The fourth-order valence-electron chi connectivity index (χ4n) is 2.80. The van der Waals surface area contributed by atoms with Gasteiger partial charge in [-0.1, -0.05) is 12.1 Å². The van der Waals surface area contributed by atoms with Gasteiger partial charge < -0.3 is 15.0 Å². The number of nitrogens with one attached hydrogen (secondary N) is 1. The smallest absolute Gasteiger partial charge is 0.307 e. The SMILES string of the molecule is CN1CCN(CCOC(=O)C[C@H]2Sc3ccccc3NC2=O)CC1. The van der Waals surface area contributed by atoms with Gasteiger partial charge in [0, 0.05) is 37.6 Å². The van der Waals surface area contributed by atoms with E-state index < -0.39 is 5.25 Å². The molecule has 1 amide bonds. The predicted octanol–water partition coefficient (Wildman–Crippen LogP) is 1.28. The predicted molar refractivity (Wildman–Crippen MR) is 94.2 cm³/mol. The third kappa shape index (κ3) is 4.49. The second-order valence-corrected chi connectivity index (χ2v) is 7.41. The Morgan fingerprint density at radius 2 is 2.04 bits per heavy atom. The Balaban J connectivity index is 1.41. The number of carbonyl (C=O) groups excluding carboxylic acids is 2. The highest BCUT2D eigenvalue weighted by atomic mass is 32.2. The molecule has 2 heterocycles. The molecule has 2 aliphatic rings. The van der Waals surface area contributed by atoms with Crippen molar-refractivity contribution in [3.05, 3.63) is 24.3 Å². The van der Waals surface area contributed by atoms with Crippen molar-refractivity contribution in [1.82, 2.24) is 9.80 Å². The third-order valence-electron chi connectivity index (χ3n) is 4.33. The van der Waals surface area contributed by atoms with E-state index in [-0.39, 0.29) is 18.3 Å². The molecule has 1 atom stereocenters. The van der Waals surface area contributed by atoms with E-state index >= 15 is 0 Å². The van der Waals surface area contributed by atoms with Crippen LogP contribution in [0.4, 0.5) is 5.69 Å². The Labute approximate surface area is 146 Å². The number of likely N-dealkylation sites (N-methyl/N-ethyl adjacent to an activating group) is 1. The summed E-state index contributed by atoms with van der Waals surface area (Å²) in [5.41, 5.74) is 0.812. The first-order valence-electron chi connectivity index (χ1n) is 8.25. The molecular weight excluding hydrogens is 326 g/mol. The van der Waals surface area contributed by atoms with E-state index in [1.807, 2.05) is 24.3 Å². The Hall–Kier alpha value is -1.57. The summed E-state index contributed by atoms with van der Waals surface area (Å²) in [5, 5.41) is 2.43. The van der Waals surface area contributed by atoms with Crippen LogP contribution in [-0.2, 0) is 14.3 Å². The number of rotatable bonds is 5. The van der Waals surface area contributed by atoms with E-state index in [0.717, 1.165) is 43.3 Å². The zero-order chi connectivity index (χ0) is 16.9. The van der Waals surface area contributed by atoms with Gasteiger partial charge in [-0.3, -0.25) is 14.5 Å². The molecule has 1 fully saturated rings. The van der Waals surface area contributed by atoms with Crippen LogP contribution in [0.1, 0.15) is 6.42 Å². The van der Waals surface area contributed by atoms with E-state index in [1.165, 1.54) is 11.8 Å². The van der Waals surface area contributed by atoms with Crippen molar-refractivity contribution in [2.24, 2.45) is 0 Å². The molecule has 0 unspecified atom stereocenters. The van der Waals surface area contributed by atoms with Crippen LogP contribution in [-0.4, -0.2) is 73.3 Å². The van der Waals surface area contributed by atoms with Gasteiger partial charge in [-0.05, 0) is 19.2 Å². The molecule has 6 nitrogen and oxygen atoms in total. The number of amides is 1. The minimum absolute atomic E-state index is 0.105. The normalized spacial score (nSPS) is 21.9. The number of benzene rings is 1. The molecule has 0 bridgehead atoms. The second kappa shape index (κ2) is 8.00. The number of hydrogen-bond donors (Lipinski definition) is 1. The molecule has 130 valence electrons. The molecule has 1 aromatic rings. The number of esters is 1. The number of nitrogens with zero attached hydrogens (tertiary/aromatic N) is 2. The summed E-state index contributed by atoms with van der Waals surface area (Å²) in [6.07, 6.45) is 0.105. The topological polar surface area (TPSA) is 61.9 Å². The van der Waals surface area contributed by atoms with Crippen molar-refractivity contribution >= 4 is 29.3 Å². The summed E-state index contributed by atoms with van der Waals surface area (Å²) in [7, 11) is 2.11. The van der Waals surface area contributed by atoms with Crippen LogP contribution in [0.25, 0.3) is 0 Å². The molecule has 24 heavy (non-hydrogen) atoms. The molecule has 0 radical (unpaired) electrons. The summed E-state index contributed by atoms with van der Waals surface area (Å²) >= 11 is 1.43. The van der Waals surface area contributed by atoms with Crippen molar-refractivity contribution in [2.45, 2.75) is 16.6 Å². The number of thioether (sulfide) groups is 1. The first-order valence-corrected chi connectivity index (χ1v) is 9.13. The Kier molecular flexibility index (Phi) is 5.76. The first-order chi connectivity index (χ1) is 11.6. The fourth-order valence-corrected chi connectivity index (χ4v) is 3.89. The molecule has 1 N–H and O–H groups in total. The van der Waals surface area contributed by atoms with Crippen molar-refractivity contribution in [1.29, 1.82) is 0 Å². The van der Waals surface area contributed by atoms with Crippen molar-refractivity contribution in [2.75, 3.05) is 51.7 Å². The lowest BCUT2D eigenvalue weighted by Crippen LogP contribution is -2.45. The molecule has 1 aromatic carbocycles. The Morgan fingerprint density at radius 3 is 2.83 bits per heavy atom. The minimum Gasteiger partial charge on any atom is -0.464 e. The maximum Gasteiger partial charge on any atom is 0.307 e. The number of anilines is 1. The molecule has 0 aromatic heterocycles. The zero-order valence-corrected chi connectivity index (χ0v) is 14.7. The largest absolute Gasteiger partial charge is 0.464 e. The average molecular weight is 349 g/mol. The van der Waals surface area contributed by atoms with Crippen molar-refractivity contribution in [3.63, 3.8) is 0 Å². The van der Waals surface area contributed by atoms with Crippen LogP contribution < -0.4 is 5.32 Å². The van der Waals surface area contributed by atoms with E-state index in [9.17, 15) is 9.59 Å². The molecule has 2 aliphatic heterocycles. The second-order valence-electron chi connectivity index (χ2n) is 6.16. The maximum absolute atomic E-state index is 12.1. The van der Waals surface area contributed by atoms with Gasteiger partial charge in [0.2, 0.25) is 5.91 Å². The quantitative estimate of drug-likeness (QED) is 0.808. The lowest BCUT2D eigenvalue weighted by molar-refractivity contribution is -0.145. The first kappa shape index (κ1) is 17.3. The third-order valence-corrected chi connectivity index (χ3v) is 5.60. The van der Waals surface area contributed by atoms with Crippen LogP contribution in [0.15, 0.2) is 29.2 Å². The maximum atomic E-state index is 12.1. The van der Waals surface area contributed by atoms with Gasteiger partial charge in [-0.15, -0.1) is 11.8 Å². The van der Waals surface area contributed by atoms with Crippen molar-refractivity contribution < 1.29 is 14.3 Å². The highest BCUT2D eigenvalue weighted by molar-refractivity contribution is 8.01. The number of fused-ring (bicyclic) bond motifs is 1. The van der Waals surface area contributed by atoms with E-state index in [2.05, 4.69) is 22.2 Å². The Bertz CT molecular complexity index is 602. The lowest BCUT2D eigenvalue weighted by Gasteiger charge is -2.32. The molecule has 0 aliphatic carbocycles. The highest BCUT2D eigenvalue weighted by Gasteiger charge is 2.29. The number of carbonyl (C=O) groups is 2. The summed E-state index contributed by atoms with van der Waals surface area (Å²) in [6.45, 7) is 5.25. The fraction of sp³-hybridized carbons (Fsp3) is 0.529. The summed E-state index contributed by atoms with van der Waals surface area (Å²) < 4.78 is 5.32. The highest BCUT2D eigenvalue weighted by Crippen LogP contribution is 2.36. The molecule has 3 rings (SSSR count). The van der Waals surface area contributed by atoms with Gasteiger partial charge in [0.15, 0.2) is 0 Å². The van der Waals surface area contributed by atoms with E-state index in [1.54, 1.807) is 0 Å². The molecule has 1 saturated heterocycles. The summed E-state index contributed by atoms with van der Waals surface area (Å²) in [5.74, 6) is -0.439. The van der Waals surface area contributed by atoms with Gasteiger partial charge >= 0.3 is 5.97 Å². The van der Waals surface area contributed by atoms with Crippen LogP contribution in [0.3, 0.4) is 0 Å². The zero-order valence-electron chi connectivity index (χ0n) is 13.9. The molecular formula is C17H23N3O3S. The molecule has 0 spiro atoms. The number of ether oxygens (including phenoxy) is 1. The number of hydrogen-bond acceptors (Lipinski definition) is 6. The average Bonchev–Trinajstić information content (AvgIpc) is 2.57. The van der Waals surface area contributed by atoms with Gasteiger partial charge in [0.25, 0.3) is 0 Å². The standard InChI is InChI=1S/C17H23N3O3S/c1-19-6-8-20(9-7-19)10-11-23-16(21)12-15-17(22)18-13-4-2-3-5-14(13)24-15/h2-5,15H,6-12H2,1H3,(H,18,22)/t15-/m1/s1. The van der Waals surface area contributed by atoms with E-state index in [0.29, 0.717) is 6.61 Å². The number of piperazine rings is 1. The summed E-state index contributed by atoms with van der Waals surface area (Å²) in [6, 6.07) is 7.62. The van der Waals surface area contributed by atoms with Crippen LogP contribution in [0.2, 0.25) is 0 Å². The monoisotopic (exact) mass is 349 g/mol. The van der Waals surface area contributed by atoms with Gasteiger partial charge in [-0.25, -0.2) is 0 Å². The van der Waals surface area contributed by atoms with Crippen molar-refractivity contribution in [3.8, 4) is 0 Å². The Morgan fingerprint density at radius 1 is 1.29 bits per heavy atom. The van der Waals surface area contributed by atoms with Crippen LogP contribution in [0.5, 0.6) is 0 Å². The van der Waals surface area contributed by atoms with Gasteiger partial charge in [0.1, 0.15) is 6.61 Å². The van der Waals surface area contributed by atoms with Gasteiger partial charge in [-0.2, -0.15) is 0 Å². The summed E-state index contributed by atoms with van der Waals surface area (Å²) in [4.78, 5) is 29.7. The van der Waals surface area contributed by atoms with Crippen LogP contribution >= 0.6 is 11.8 Å². The minimum atomic E-state index is -0.420. The van der Waals surface area contributed by atoms with Gasteiger partial charge in [0.05, 0.1) is 17.4 Å². The number of para-hydroxylation sites is 1. The molecule has 0 saturated carbocycles.